The first-order valence-electron chi connectivity index (χ1n) is 6.23. The number of allylic oxidation sites excluding steroid dienone is 1. The highest BCUT2D eigenvalue weighted by Gasteiger charge is 2.15. The minimum Gasteiger partial charge on any atom is -0.496 e. The monoisotopic (exact) mass is 253 g/mol. The maximum atomic E-state index is 5.37. The van der Waals surface area contributed by atoms with E-state index in [0.717, 1.165) is 12.2 Å². The largest absolute Gasteiger partial charge is 0.496 e. The van der Waals surface area contributed by atoms with Crippen molar-refractivity contribution in [2.24, 2.45) is 0 Å². The fraction of sp³-hybridized carbons (Fsp3) is 0.571. The van der Waals surface area contributed by atoms with Crippen LogP contribution in [0.3, 0.4) is 0 Å². The van der Waals surface area contributed by atoms with Crippen LogP contribution in [-0.2, 0) is 0 Å². The zero-order chi connectivity index (χ0) is 12.5. The lowest BCUT2D eigenvalue weighted by Gasteiger charge is -2.16. The first-order chi connectivity index (χ1) is 8.33. The van der Waals surface area contributed by atoms with Crippen molar-refractivity contribution in [3.8, 4) is 5.75 Å². The maximum Gasteiger partial charge on any atom is 0.134 e. The average molecular weight is 253 g/mol. The number of ether oxygens (including phenoxy) is 1. The predicted molar refractivity (Wildman–Crippen MR) is 76.0 cm³/mol. The summed E-state index contributed by atoms with van der Waals surface area (Å²) in [6, 6.07) is 2.47. The van der Waals surface area contributed by atoms with E-state index in [1.807, 2.05) is 19.2 Å². The Hall–Kier alpha value is -0.800. The van der Waals surface area contributed by atoms with Crippen LogP contribution in [0.4, 0.5) is 0 Å². The van der Waals surface area contributed by atoms with Crippen molar-refractivity contribution in [1.82, 2.24) is 5.32 Å². The number of rotatable bonds is 9. The molecule has 0 spiro atoms. The van der Waals surface area contributed by atoms with Gasteiger partial charge in [0.25, 0.3) is 0 Å². The Labute approximate surface area is 109 Å². The third kappa shape index (κ3) is 4.52. The second-order valence-corrected chi connectivity index (χ2v) is 5.07. The molecule has 1 N–H and O–H groups in total. The van der Waals surface area contributed by atoms with Crippen LogP contribution in [0.15, 0.2) is 24.1 Å². The average Bonchev–Trinajstić information content (AvgIpc) is 2.82. The van der Waals surface area contributed by atoms with Gasteiger partial charge in [0, 0.05) is 6.04 Å². The molecule has 1 unspecified atom stereocenters. The third-order valence-corrected chi connectivity index (χ3v) is 3.95. The minimum absolute atomic E-state index is 0.425. The summed E-state index contributed by atoms with van der Waals surface area (Å²) in [5, 5.41) is 5.47. The summed E-state index contributed by atoms with van der Waals surface area (Å²) in [7, 11) is 3.76. The molecule has 2 nitrogen and oxygen atoms in total. The molecule has 0 aliphatic carbocycles. The molecule has 3 heteroatoms. The van der Waals surface area contributed by atoms with E-state index in [4.69, 9.17) is 4.74 Å². The molecule has 17 heavy (non-hydrogen) atoms. The summed E-state index contributed by atoms with van der Waals surface area (Å²) < 4.78 is 5.37. The first kappa shape index (κ1) is 14.3. The van der Waals surface area contributed by atoms with Gasteiger partial charge in [-0.05, 0) is 37.8 Å². The predicted octanol–water partition coefficient (Wildman–Crippen LogP) is 4.15. The van der Waals surface area contributed by atoms with Gasteiger partial charge in [0.15, 0.2) is 0 Å². The summed E-state index contributed by atoms with van der Waals surface area (Å²) >= 11 is 1.77. The van der Waals surface area contributed by atoms with Gasteiger partial charge >= 0.3 is 0 Å². The number of hydrogen-bond acceptors (Lipinski definition) is 3. The molecule has 0 aliphatic heterocycles. The fourth-order valence-electron chi connectivity index (χ4n) is 1.95. The second-order valence-electron chi connectivity index (χ2n) is 4.12. The normalized spacial score (nSPS) is 12.4. The fourth-order valence-corrected chi connectivity index (χ4v) is 2.96. The summed E-state index contributed by atoms with van der Waals surface area (Å²) in [5.74, 6) is 1.01. The van der Waals surface area contributed by atoms with Crippen molar-refractivity contribution in [3.63, 3.8) is 0 Å². The van der Waals surface area contributed by atoms with Gasteiger partial charge in [-0.1, -0.05) is 18.9 Å². The summed E-state index contributed by atoms with van der Waals surface area (Å²) in [6.45, 7) is 3.75. The van der Waals surface area contributed by atoms with Gasteiger partial charge in [-0.2, -0.15) is 0 Å². The molecule has 1 rings (SSSR count). The van der Waals surface area contributed by atoms with Crippen LogP contribution < -0.4 is 10.1 Å². The molecule has 1 atom stereocenters. The van der Waals surface area contributed by atoms with Gasteiger partial charge in [-0.3, -0.25) is 0 Å². The molecule has 0 aromatic carbocycles. The van der Waals surface area contributed by atoms with E-state index in [1.54, 1.807) is 18.4 Å². The van der Waals surface area contributed by atoms with E-state index in [-0.39, 0.29) is 0 Å². The molecule has 0 fully saturated rings. The van der Waals surface area contributed by atoms with Gasteiger partial charge in [0.2, 0.25) is 0 Å². The molecule has 1 heterocycles. The van der Waals surface area contributed by atoms with Gasteiger partial charge < -0.3 is 10.1 Å². The standard InChI is InChI=1S/C14H23NOS/c1-4-5-6-7-8-9-12(15-2)14-13(16-3)10-11-17-14/h4,10-12,15H,1,5-9H2,2-3H3. The van der Waals surface area contributed by atoms with Crippen LogP contribution >= 0.6 is 11.3 Å². The second kappa shape index (κ2) is 8.31. The summed E-state index contributed by atoms with van der Waals surface area (Å²) in [6.07, 6.45) is 8.08. The van der Waals surface area contributed by atoms with Gasteiger partial charge in [0.05, 0.1) is 12.0 Å². The topological polar surface area (TPSA) is 21.3 Å². The van der Waals surface area contributed by atoms with Crippen molar-refractivity contribution >= 4 is 11.3 Å². The quantitative estimate of drug-likeness (QED) is 0.527. The lowest BCUT2D eigenvalue weighted by atomic mass is 10.1. The first-order valence-corrected chi connectivity index (χ1v) is 7.11. The van der Waals surface area contributed by atoms with E-state index in [2.05, 4.69) is 17.3 Å². The zero-order valence-electron chi connectivity index (χ0n) is 10.9. The van der Waals surface area contributed by atoms with E-state index in [0.29, 0.717) is 6.04 Å². The van der Waals surface area contributed by atoms with Gasteiger partial charge in [-0.15, -0.1) is 17.9 Å². The Morgan fingerprint density at radius 3 is 2.94 bits per heavy atom. The molecule has 0 saturated heterocycles. The molecule has 1 aromatic heterocycles. The van der Waals surface area contributed by atoms with Crippen LogP contribution in [0.5, 0.6) is 5.75 Å². The van der Waals surface area contributed by atoms with Crippen LogP contribution in [-0.4, -0.2) is 14.2 Å². The lowest BCUT2D eigenvalue weighted by molar-refractivity contribution is 0.401. The molecular weight excluding hydrogens is 230 g/mol. The van der Waals surface area contributed by atoms with Crippen LogP contribution in [0.25, 0.3) is 0 Å². The summed E-state index contributed by atoms with van der Waals surface area (Å²) in [5.41, 5.74) is 0. The van der Waals surface area contributed by atoms with Crippen molar-refractivity contribution in [2.45, 2.75) is 38.1 Å². The van der Waals surface area contributed by atoms with Crippen LogP contribution in [0, 0.1) is 0 Å². The maximum absolute atomic E-state index is 5.37. The number of nitrogens with one attached hydrogen (secondary N) is 1. The zero-order valence-corrected chi connectivity index (χ0v) is 11.7. The number of unbranched alkanes of at least 4 members (excludes halogenated alkanes) is 3. The number of methoxy groups -OCH3 is 1. The van der Waals surface area contributed by atoms with E-state index < -0.39 is 0 Å². The SMILES string of the molecule is C=CCCCCCC(NC)c1sccc1OC. The molecule has 1 aromatic rings. The van der Waals surface area contributed by atoms with Crippen molar-refractivity contribution in [3.05, 3.63) is 29.0 Å². The minimum atomic E-state index is 0.425. The van der Waals surface area contributed by atoms with Crippen molar-refractivity contribution < 1.29 is 4.74 Å². The highest BCUT2D eigenvalue weighted by molar-refractivity contribution is 7.10. The Morgan fingerprint density at radius 2 is 2.29 bits per heavy atom. The molecule has 0 amide bonds. The lowest BCUT2D eigenvalue weighted by Crippen LogP contribution is -2.15. The Kier molecular flexibility index (Phi) is 6.97. The molecule has 0 bridgehead atoms. The Morgan fingerprint density at radius 1 is 1.47 bits per heavy atom. The molecule has 0 radical (unpaired) electrons. The molecule has 0 aliphatic rings. The van der Waals surface area contributed by atoms with E-state index in [1.165, 1.54) is 30.6 Å². The highest BCUT2D eigenvalue weighted by atomic mass is 32.1. The van der Waals surface area contributed by atoms with Gasteiger partial charge in [0.1, 0.15) is 5.75 Å². The van der Waals surface area contributed by atoms with Crippen LogP contribution in [0.2, 0.25) is 0 Å². The molecule has 96 valence electrons. The van der Waals surface area contributed by atoms with E-state index >= 15 is 0 Å². The van der Waals surface area contributed by atoms with E-state index in [9.17, 15) is 0 Å². The smallest absolute Gasteiger partial charge is 0.134 e. The van der Waals surface area contributed by atoms with Crippen LogP contribution in [0.1, 0.15) is 43.0 Å². The highest BCUT2D eigenvalue weighted by Crippen LogP contribution is 2.33. The Balaban J connectivity index is 2.40. The number of hydrogen-bond donors (Lipinski definition) is 1. The van der Waals surface area contributed by atoms with Crippen molar-refractivity contribution in [2.75, 3.05) is 14.2 Å². The third-order valence-electron chi connectivity index (χ3n) is 2.94. The summed E-state index contributed by atoms with van der Waals surface area (Å²) in [4.78, 5) is 1.32. The molecule has 0 saturated carbocycles. The number of thiophene rings is 1. The van der Waals surface area contributed by atoms with Gasteiger partial charge in [-0.25, -0.2) is 0 Å². The Bertz CT molecular complexity index is 322. The van der Waals surface area contributed by atoms with Crippen molar-refractivity contribution in [1.29, 1.82) is 0 Å². The molecular formula is C14H23NOS.